The Kier molecular flexibility index (Phi) is 2.79. The Morgan fingerprint density at radius 1 is 1.50 bits per heavy atom. The van der Waals surface area contributed by atoms with Crippen LogP contribution in [0.2, 0.25) is 0 Å². The van der Waals surface area contributed by atoms with Gasteiger partial charge in [-0.3, -0.25) is 0 Å². The molecule has 0 saturated carbocycles. The second-order valence-corrected chi connectivity index (χ2v) is 5.03. The number of benzene rings is 1. The van der Waals surface area contributed by atoms with Gasteiger partial charge in [0.05, 0.1) is 0 Å². The van der Waals surface area contributed by atoms with Crippen LogP contribution in [0, 0.1) is 6.92 Å². The second kappa shape index (κ2) is 3.97. The number of phenolic OH excluding ortho intramolecular Hbond substituents is 1. The average molecular weight is 216 g/mol. The van der Waals surface area contributed by atoms with Gasteiger partial charge in [0.1, 0.15) is 5.75 Å². The third kappa shape index (κ3) is 1.64. The van der Waals surface area contributed by atoms with E-state index in [0.29, 0.717) is 11.7 Å². The second-order valence-electron chi connectivity index (χ2n) is 5.03. The van der Waals surface area contributed by atoms with Crippen LogP contribution in [0.15, 0.2) is 12.6 Å². The SMILES string of the molecule is C=C(C)c1cc(O)c2c(c1C)C(C)CCC2. The molecule has 1 N–H and O–H groups in total. The summed E-state index contributed by atoms with van der Waals surface area (Å²) in [5.41, 5.74) is 6.00. The largest absolute Gasteiger partial charge is 0.508 e. The van der Waals surface area contributed by atoms with E-state index < -0.39 is 0 Å². The summed E-state index contributed by atoms with van der Waals surface area (Å²) in [5.74, 6) is 1.03. The summed E-state index contributed by atoms with van der Waals surface area (Å²) in [7, 11) is 0. The number of fused-ring (bicyclic) bond motifs is 1. The van der Waals surface area contributed by atoms with Crippen LogP contribution in [0.25, 0.3) is 5.57 Å². The van der Waals surface area contributed by atoms with Crippen molar-refractivity contribution < 1.29 is 5.11 Å². The molecule has 0 saturated heterocycles. The van der Waals surface area contributed by atoms with E-state index in [2.05, 4.69) is 20.4 Å². The third-order valence-corrected chi connectivity index (χ3v) is 3.74. The predicted molar refractivity (Wildman–Crippen MR) is 68.9 cm³/mol. The number of hydrogen-bond acceptors (Lipinski definition) is 1. The summed E-state index contributed by atoms with van der Waals surface area (Å²) in [6.07, 6.45) is 3.43. The van der Waals surface area contributed by atoms with Crippen LogP contribution in [-0.4, -0.2) is 5.11 Å². The summed E-state index contributed by atoms with van der Waals surface area (Å²) < 4.78 is 0. The molecule has 16 heavy (non-hydrogen) atoms. The van der Waals surface area contributed by atoms with Gasteiger partial charge < -0.3 is 5.11 Å². The minimum absolute atomic E-state index is 0.463. The zero-order chi connectivity index (χ0) is 11.9. The fourth-order valence-electron chi connectivity index (χ4n) is 2.94. The van der Waals surface area contributed by atoms with Crippen LogP contribution in [0.3, 0.4) is 0 Å². The molecular weight excluding hydrogens is 196 g/mol. The average Bonchev–Trinajstić information content (AvgIpc) is 2.22. The van der Waals surface area contributed by atoms with Gasteiger partial charge >= 0.3 is 0 Å². The zero-order valence-corrected chi connectivity index (χ0v) is 10.4. The zero-order valence-electron chi connectivity index (χ0n) is 10.4. The molecule has 0 bridgehead atoms. The van der Waals surface area contributed by atoms with E-state index in [1.54, 1.807) is 0 Å². The quantitative estimate of drug-likeness (QED) is 0.747. The van der Waals surface area contributed by atoms with Gasteiger partial charge in [0, 0.05) is 0 Å². The molecule has 1 aliphatic carbocycles. The van der Waals surface area contributed by atoms with Gasteiger partial charge in [-0.05, 0) is 67.3 Å². The van der Waals surface area contributed by atoms with Gasteiger partial charge in [-0.15, -0.1) is 0 Å². The molecule has 0 spiro atoms. The van der Waals surface area contributed by atoms with Gasteiger partial charge in [-0.2, -0.15) is 0 Å². The van der Waals surface area contributed by atoms with Crippen LogP contribution in [-0.2, 0) is 6.42 Å². The van der Waals surface area contributed by atoms with Crippen molar-refractivity contribution in [3.63, 3.8) is 0 Å². The maximum absolute atomic E-state index is 10.1. The first-order valence-corrected chi connectivity index (χ1v) is 6.03. The molecule has 2 rings (SSSR count). The van der Waals surface area contributed by atoms with E-state index in [1.165, 1.54) is 29.5 Å². The Morgan fingerprint density at radius 2 is 2.19 bits per heavy atom. The first-order chi connectivity index (χ1) is 7.52. The van der Waals surface area contributed by atoms with E-state index in [1.807, 2.05) is 13.0 Å². The molecular formula is C15H20O. The molecule has 1 atom stereocenters. The molecule has 0 aliphatic heterocycles. The first kappa shape index (κ1) is 11.3. The van der Waals surface area contributed by atoms with Crippen LogP contribution < -0.4 is 0 Å². The van der Waals surface area contributed by atoms with Crippen LogP contribution in [0.1, 0.15) is 54.9 Å². The summed E-state index contributed by atoms with van der Waals surface area (Å²) in [6.45, 7) is 10.4. The summed E-state index contributed by atoms with van der Waals surface area (Å²) in [6, 6.07) is 1.88. The number of phenols is 1. The highest BCUT2D eigenvalue weighted by Gasteiger charge is 2.23. The van der Waals surface area contributed by atoms with Crippen LogP contribution >= 0.6 is 0 Å². The topological polar surface area (TPSA) is 20.2 Å². The van der Waals surface area contributed by atoms with Gasteiger partial charge in [0.25, 0.3) is 0 Å². The van der Waals surface area contributed by atoms with Crippen molar-refractivity contribution in [1.82, 2.24) is 0 Å². The Hall–Kier alpha value is -1.24. The van der Waals surface area contributed by atoms with Gasteiger partial charge in [-0.25, -0.2) is 0 Å². The first-order valence-electron chi connectivity index (χ1n) is 6.03. The van der Waals surface area contributed by atoms with Gasteiger partial charge in [0.15, 0.2) is 0 Å². The lowest BCUT2D eigenvalue weighted by Crippen LogP contribution is -2.10. The van der Waals surface area contributed by atoms with Crippen LogP contribution in [0.4, 0.5) is 0 Å². The minimum Gasteiger partial charge on any atom is -0.508 e. The Labute approximate surface area is 97.8 Å². The van der Waals surface area contributed by atoms with Crippen molar-refractivity contribution >= 4 is 5.57 Å². The lowest BCUT2D eigenvalue weighted by molar-refractivity contribution is 0.456. The highest BCUT2D eigenvalue weighted by molar-refractivity contribution is 5.69. The Balaban J connectivity index is 2.69. The fourth-order valence-corrected chi connectivity index (χ4v) is 2.94. The molecule has 0 radical (unpaired) electrons. The van der Waals surface area contributed by atoms with E-state index >= 15 is 0 Å². The molecule has 0 heterocycles. The van der Waals surface area contributed by atoms with Crippen molar-refractivity contribution in [3.8, 4) is 5.75 Å². The van der Waals surface area contributed by atoms with Crippen LogP contribution in [0.5, 0.6) is 5.75 Å². The predicted octanol–water partition coefficient (Wildman–Crippen LogP) is 4.17. The number of hydrogen-bond donors (Lipinski definition) is 1. The van der Waals surface area contributed by atoms with E-state index in [0.717, 1.165) is 17.6 Å². The smallest absolute Gasteiger partial charge is 0.119 e. The molecule has 1 aliphatic rings. The highest BCUT2D eigenvalue weighted by atomic mass is 16.3. The molecule has 1 unspecified atom stereocenters. The summed E-state index contributed by atoms with van der Waals surface area (Å²) in [5, 5.41) is 10.1. The molecule has 1 aromatic carbocycles. The summed E-state index contributed by atoms with van der Waals surface area (Å²) in [4.78, 5) is 0. The van der Waals surface area contributed by atoms with Gasteiger partial charge in [-0.1, -0.05) is 19.1 Å². The summed E-state index contributed by atoms with van der Waals surface area (Å²) >= 11 is 0. The number of aromatic hydroxyl groups is 1. The number of allylic oxidation sites excluding steroid dienone is 1. The molecule has 0 amide bonds. The number of rotatable bonds is 1. The normalized spacial score (nSPS) is 19.3. The van der Waals surface area contributed by atoms with Crippen molar-refractivity contribution in [2.75, 3.05) is 0 Å². The molecule has 1 aromatic rings. The maximum Gasteiger partial charge on any atom is 0.119 e. The third-order valence-electron chi connectivity index (χ3n) is 3.74. The standard InChI is InChI=1S/C15H20O/c1-9(2)13-8-14(16)12-7-5-6-10(3)15(12)11(13)4/h8,10,16H,1,5-7H2,2-4H3. The highest BCUT2D eigenvalue weighted by Crippen LogP contribution is 2.40. The van der Waals surface area contributed by atoms with Crippen molar-refractivity contribution in [2.24, 2.45) is 0 Å². The van der Waals surface area contributed by atoms with Gasteiger partial charge in [0.2, 0.25) is 0 Å². The minimum atomic E-state index is 0.463. The molecule has 1 nitrogen and oxygen atoms in total. The lowest BCUT2D eigenvalue weighted by Gasteiger charge is -2.27. The van der Waals surface area contributed by atoms with Crippen molar-refractivity contribution in [1.29, 1.82) is 0 Å². The molecule has 0 aromatic heterocycles. The van der Waals surface area contributed by atoms with Crippen molar-refractivity contribution in [2.45, 2.75) is 46.0 Å². The fraction of sp³-hybridized carbons (Fsp3) is 0.467. The monoisotopic (exact) mass is 216 g/mol. The maximum atomic E-state index is 10.1. The Morgan fingerprint density at radius 3 is 2.81 bits per heavy atom. The van der Waals surface area contributed by atoms with Crippen molar-refractivity contribution in [3.05, 3.63) is 34.9 Å². The Bertz CT molecular complexity index is 443. The molecule has 0 fully saturated rings. The van der Waals surface area contributed by atoms with E-state index in [-0.39, 0.29) is 0 Å². The molecule has 1 heteroatoms. The van der Waals surface area contributed by atoms with E-state index in [4.69, 9.17) is 0 Å². The van der Waals surface area contributed by atoms with E-state index in [9.17, 15) is 5.11 Å². The molecule has 86 valence electrons. The lowest BCUT2D eigenvalue weighted by atomic mass is 9.79.